The van der Waals surface area contributed by atoms with Gasteiger partial charge in [0.05, 0.1) is 22.3 Å². The first kappa shape index (κ1) is 20.2. The van der Waals surface area contributed by atoms with Crippen molar-refractivity contribution in [2.24, 2.45) is 5.41 Å². The molecule has 3 aliphatic rings. The Bertz CT molecular complexity index is 1020. The molecule has 0 N–H and O–H groups in total. The average Bonchev–Trinajstić information content (AvgIpc) is 2.65. The number of likely N-dealkylation sites (tertiary alicyclic amines) is 1. The summed E-state index contributed by atoms with van der Waals surface area (Å²) in [7, 11) is 0. The molecule has 11 heteroatoms. The molecule has 0 bridgehead atoms. The number of benzene rings is 1. The summed E-state index contributed by atoms with van der Waals surface area (Å²) in [6.07, 6.45) is -1.26. The zero-order valence-electron chi connectivity index (χ0n) is 16.6. The Balaban J connectivity index is 1.32. The highest BCUT2D eigenvalue weighted by atomic mass is 35.5. The van der Waals surface area contributed by atoms with Crippen molar-refractivity contribution in [2.45, 2.75) is 19.1 Å². The van der Waals surface area contributed by atoms with Crippen LogP contribution in [0.15, 0.2) is 30.6 Å². The SMILES string of the molecule is CC1COc2cc(Cl)c(C(F)(F)F)cc2N1C(=O)N1CC2(C1)CN(c1ncccn1)C2. The van der Waals surface area contributed by atoms with E-state index in [1.54, 1.807) is 30.3 Å². The number of halogens is 4. The van der Waals surface area contributed by atoms with Crippen LogP contribution >= 0.6 is 11.6 Å². The number of carbonyl (C=O) groups excluding carboxylic acids is 1. The molecule has 4 heterocycles. The molecule has 1 aromatic heterocycles. The third-order valence-electron chi connectivity index (χ3n) is 5.95. The van der Waals surface area contributed by atoms with Gasteiger partial charge in [-0.05, 0) is 19.1 Å². The van der Waals surface area contributed by atoms with E-state index in [9.17, 15) is 18.0 Å². The molecule has 1 aromatic carbocycles. The van der Waals surface area contributed by atoms with E-state index in [1.807, 2.05) is 4.90 Å². The van der Waals surface area contributed by atoms with E-state index in [0.717, 1.165) is 25.2 Å². The van der Waals surface area contributed by atoms with E-state index in [-0.39, 0.29) is 29.5 Å². The predicted octanol–water partition coefficient (Wildman–Crippen LogP) is 3.68. The summed E-state index contributed by atoms with van der Waals surface area (Å²) >= 11 is 5.81. The number of hydrogen-bond donors (Lipinski definition) is 0. The molecule has 5 rings (SSSR count). The maximum atomic E-state index is 13.4. The van der Waals surface area contributed by atoms with Gasteiger partial charge in [0.25, 0.3) is 0 Å². The molecule has 7 nitrogen and oxygen atoms in total. The number of rotatable bonds is 1. The minimum Gasteiger partial charge on any atom is -0.489 e. The van der Waals surface area contributed by atoms with Gasteiger partial charge in [0.1, 0.15) is 12.4 Å². The van der Waals surface area contributed by atoms with Crippen LogP contribution in [0.2, 0.25) is 5.02 Å². The second-order valence-electron chi connectivity index (χ2n) is 8.37. The van der Waals surface area contributed by atoms with Crippen molar-refractivity contribution < 1.29 is 22.7 Å². The number of urea groups is 1. The Hall–Kier alpha value is -2.75. The van der Waals surface area contributed by atoms with Crippen LogP contribution in [0.4, 0.5) is 29.6 Å². The number of aromatic nitrogens is 2. The predicted molar refractivity (Wildman–Crippen MR) is 108 cm³/mol. The molecule has 2 saturated heterocycles. The van der Waals surface area contributed by atoms with Crippen molar-refractivity contribution in [3.05, 3.63) is 41.2 Å². The second-order valence-corrected chi connectivity index (χ2v) is 8.78. The largest absolute Gasteiger partial charge is 0.489 e. The summed E-state index contributed by atoms with van der Waals surface area (Å²) in [5, 5.41) is -0.450. The van der Waals surface area contributed by atoms with Crippen LogP contribution in [-0.2, 0) is 6.18 Å². The number of nitrogens with zero attached hydrogens (tertiary/aromatic N) is 5. The first-order chi connectivity index (χ1) is 14.7. The lowest BCUT2D eigenvalue weighted by molar-refractivity contribution is -0.137. The molecular formula is C20H19ClF3N5O2. The van der Waals surface area contributed by atoms with Crippen LogP contribution in [-0.4, -0.2) is 59.7 Å². The van der Waals surface area contributed by atoms with E-state index >= 15 is 0 Å². The third-order valence-corrected chi connectivity index (χ3v) is 6.26. The van der Waals surface area contributed by atoms with E-state index in [0.29, 0.717) is 19.0 Å². The van der Waals surface area contributed by atoms with Crippen LogP contribution in [0, 0.1) is 5.41 Å². The van der Waals surface area contributed by atoms with Gasteiger partial charge in [-0.15, -0.1) is 0 Å². The van der Waals surface area contributed by atoms with Crippen LogP contribution in [0.25, 0.3) is 0 Å². The Morgan fingerprint density at radius 2 is 1.87 bits per heavy atom. The van der Waals surface area contributed by atoms with Gasteiger partial charge in [-0.2, -0.15) is 13.2 Å². The van der Waals surface area contributed by atoms with Crippen molar-refractivity contribution in [3.8, 4) is 5.75 Å². The highest BCUT2D eigenvalue weighted by Gasteiger charge is 2.55. The number of anilines is 2. The van der Waals surface area contributed by atoms with Gasteiger partial charge in [-0.1, -0.05) is 11.6 Å². The van der Waals surface area contributed by atoms with Crippen molar-refractivity contribution in [3.63, 3.8) is 0 Å². The first-order valence-corrected chi connectivity index (χ1v) is 10.2. The summed E-state index contributed by atoms with van der Waals surface area (Å²) in [5.41, 5.74) is -0.917. The smallest absolute Gasteiger partial charge is 0.417 e. The number of hydrogen-bond acceptors (Lipinski definition) is 5. The number of ether oxygens (including phenoxy) is 1. The Kier molecular flexibility index (Phi) is 4.47. The van der Waals surface area contributed by atoms with Gasteiger partial charge < -0.3 is 14.5 Å². The number of amides is 2. The molecule has 1 unspecified atom stereocenters. The van der Waals surface area contributed by atoms with Crippen LogP contribution < -0.4 is 14.5 Å². The fourth-order valence-electron chi connectivity index (χ4n) is 4.49. The zero-order valence-corrected chi connectivity index (χ0v) is 17.3. The highest BCUT2D eigenvalue weighted by Crippen LogP contribution is 2.46. The minimum atomic E-state index is -4.63. The van der Waals surface area contributed by atoms with Gasteiger partial charge >= 0.3 is 12.2 Å². The molecule has 0 aliphatic carbocycles. The monoisotopic (exact) mass is 453 g/mol. The van der Waals surface area contributed by atoms with E-state index < -0.39 is 22.8 Å². The minimum absolute atomic E-state index is 0.0235. The topological polar surface area (TPSA) is 61.8 Å². The van der Waals surface area contributed by atoms with Crippen molar-refractivity contribution >= 4 is 29.3 Å². The molecule has 2 amide bonds. The van der Waals surface area contributed by atoms with E-state index in [4.69, 9.17) is 16.3 Å². The summed E-state index contributed by atoms with van der Waals surface area (Å²) < 4.78 is 45.6. The lowest BCUT2D eigenvalue weighted by Gasteiger charge is -2.60. The Labute approximate surface area is 181 Å². The molecule has 31 heavy (non-hydrogen) atoms. The average molecular weight is 454 g/mol. The maximum absolute atomic E-state index is 13.4. The number of carbonyl (C=O) groups is 1. The standard InChI is InChI=1S/C20H19ClF3N5O2/c1-12-7-31-16-6-14(21)13(20(22,23)24)5-15(16)29(12)18(30)28-10-19(11-28)8-27(9-19)17-25-3-2-4-26-17/h2-6,12H,7-11H2,1H3. The summed E-state index contributed by atoms with van der Waals surface area (Å²) in [5.74, 6) is 0.834. The van der Waals surface area contributed by atoms with Crippen molar-refractivity contribution in [1.82, 2.24) is 14.9 Å². The fraction of sp³-hybridized carbons (Fsp3) is 0.450. The van der Waals surface area contributed by atoms with E-state index in [1.165, 1.54) is 4.90 Å². The van der Waals surface area contributed by atoms with Gasteiger partial charge in [0, 0.05) is 50.1 Å². The molecular weight excluding hydrogens is 435 g/mol. The van der Waals surface area contributed by atoms with Gasteiger partial charge in [0.2, 0.25) is 5.95 Å². The highest BCUT2D eigenvalue weighted by molar-refractivity contribution is 6.31. The number of fused-ring (bicyclic) bond motifs is 1. The zero-order chi connectivity index (χ0) is 22.0. The van der Waals surface area contributed by atoms with E-state index in [2.05, 4.69) is 9.97 Å². The molecule has 3 aliphatic heterocycles. The molecule has 0 radical (unpaired) electrons. The normalized spacial score (nSPS) is 21.8. The second kappa shape index (κ2) is 6.88. The van der Waals surface area contributed by atoms with Gasteiger partial charge in [-0.3, -0.25) is 4.90 Å². The first-order valence-electron chi connectivity index (χ1n) is 9.81. The lowest BCUT2D eigenvalue weighted by Crippen LogP contribution is -2.74. The molecule has 2 aromatic rings. The van der Waals surface area contributed by atoms with Crippen molar-refractivity contribution in [1.29, 1.82) is 0 Å². The molecule has 1 spiro atoms. The summed E-state index contributed by atoms with van der Waals surface area (Å²) in [6.45, 7) is 4.48. The summed E-state index contributed by atoms with van der Waals surface area (Å²) in [6, 6.07) is 3.05. The van der Waals surface area contributed by atoms with Gasteiger partial charge in [-0.25, -0.2) is 14.8 Å². The quantitative estimate of drug-likeness (QED) is 0.659. The van der Waals surface area contributed by atoms with Crippen LogP contribution in [0.3, 0.4) is 0 Å². The summed E-state index contributed by atoms with van der Waals surface area (Å²) in [4.78, 5) is 26.8. The third kappa shape index (κ3) is 3.33. The molecule has 0 saturated carbocycles. The maximum Gasteiger partial charge on any atom is 0.417 e. The number of alkyl halides is 3. The fourth-order valence-corrected chi connectivity index (χ4v) is 4.75. The molecule has 164 valence electrons. The molecule has 2 fully saturated rings. The van der Waals surface area contributed by atoms with Crippen LogP contribution in [0.1, 0.15) is 12.5 Å². The Morgan fingerprint density at radius 1 is 1.19 bits per heavy atom. The molecule has 1 atom stereocenters. The van der Waals surface area contributed by atoms with Crippen LogP contribution in [0.5, 0.6) is 5.75 Å². The Morgan fingerprint density at radius 3 is 2.52 bits per heavy atom. The van der Waals surface area contributed by atoms with Gasteiger partial charge in [0.15, 0.2) is 0 Å². The van der Waals surface area contributed by atoms with Crippen molar-refractivity contribution in [2.75, 3.05) is 42.6 Å². The lowest BCUT2D eigenvalue weighted by atomic mass is 9.73.